The first kappa shape index (κ1) is 21.7. The molecule has 3 amide bonds. The normalized spacial score (nSPS) is 14.6. The van der Waals surface area contributed by atoms with Gasteiger partial charge in [0.25, 0.3) is 0 Å². The molecule has 28 heavy (non-hydrogen) atoms. The van der Waals surface area contributed by atoms with Crippen LogP contribution in [0.1, 0.15) is 44.7 Å². The Morgan fingerprint density at radius 1 is 0.964 bits per heavy atom. The molecular formula is C21H31N3O4. The second-order valence-electron chi connectivity index (χ2n) is 8.11. The maximum atomic E-state index is 12.3. The van der Waals surface area contributed by atoms with E-state index >= 15 is 0 Å². The number of nitrogens with one attached hydrogen (secondary N) is 1. The Labute approximate surface area is 167 Å². The first-order valence-electron chi connectivity index (χ1n) is 9.72. The van der Waals surface area contributed by atoms with E-state index in [0.29, 0.717) is 32.7 Å². The molecule has 1 saturated heterocycles. The second kappa shape index (κ2) is 9.57. The lowest BCUT2D eigenvalue weighted by Gasteiger charge is -2.35. The van der Waals surface area contributed by atoms with Crippen LogP contribution in [-0.4, -0.2) is 59.5 Å². The Morgan fingerprint density at radius 2 is 1.54 bits per heavy atom. The van der Waals surface area contributed by atoms with E-state index in [2.05, 4.69) is 5.32 Å². The SMILES string of the molecule is Cc1ccc(CNC(=O)CCC(=O)N2CCN(C(=O)OC(C)(C)C)CC2)cc1. The Bertz CT molecular complexity index is 687. The van der Waals surface area contributed by atoms with E-state index in [1.165, 1.54) is 5.56 Å². The third-order valence-electron chi connectivity index (χ3n) is 4.46. The molecule has 0 aliphatic carbocycles. The van der Waals surface area contributed by atoms with Crippen LogP contribution in [-0.2, 0) is 20.9 Å². The summed E-state index contributed by atoms with van der Waals surface area (Å²) in [5.74, 6) is -0.198. The molecule has 0 atom stereocenters. The summed E-state index contributed by atoms with van der Waals surface area (Å²) >= 11 is 0. The van der Waals surface area contributed by atoms with Gasteiger partial charge in [-0.3, -0.25) is 9.59 Å². The maximum Gasteiger partial charge on any atom is 0.410 e. The molecule has 1 aromatic rings. The van der Waals surface area contributed by atoms with Gasteiger partial charge in [0.2, 0.25) is 11.8 Å². The highest BCUT2D eigenvalue weighted by molar-refractivity contribution is 5.84. The number of piperazine rings is 1. The monoisotopic (exact) mass is 389 g/mol. The summed E-state index contributed by atoms with van der Waals surface area (Å²) < 4.78 is 5.35. The predicted molar refractivity (Wildman–Crippen MR) is 107 cm³/mol. The van der Waals surface area contributed by atoms with Gasteiger partial charge in [0.05, 0.1) is 0 Å². The smallest absolute Gasteiger partial charge is 0.410 e. The molecule has 7 heteroatoms. The van der Waals surface area contributed by atoms with Crippen molar-refractivity contribution in [1.29, 1.82) is 0 Å². The summed E-state index contributed by atoms with van der Waals surface area (Å²) in [6, 6.07) is 7.96. The molecule has 1 aliphatic heterocycles. The summed E-state index contributed by atoms with van der Waals surface area (Å²) in [5.41, 5.74) is 1.67. The molecule has 0 saturated carbocycles. The van der Waals surface area contributed by atoms with Gasteiger partial charge in [0.1, 0.15) is 5.60 Å². The minimum Gasteiger partial charge on any atom is -0.444 e. The standard InChI is InChI=1S/C21H31N3O4/c1-16-5-7-17(8-6-16)15-22-18(25)9-10-19(26)23-11-13-24(14-12-23)20(27)28-21(2,3)4/h5-8H,9-15H2,1-4H3,(H,22,25). The fourth-order valence-corrected chi connectivity index (χ4v) is 2.84. The quantitative estimate of drug-likeness (QED) is 0.839. The van der Waals surface area contributed by atoms with Crippen molar-refractivity contribution in [3.05, 3.63) is 35.4 Å². The topological polar surface area (TPSA) is 79.0 Å². The van der Waals surface area contributed by atoms with Gasteiger partial charge < -0.3 is 19.9 Å². The van der Waals surface area contributed by atoms with Crippen LogP contribution in [0.2, 0.25) is 0 Å². The lowest BCUT2D eigenvalue weighted by atomic mass is 10.1. The van der Waals surface area contributed by atoms with E-state index in [1.807, 2.05) is 52.0 Å². The first-order chi connectivity index (χ1) is 13.1. The van der Waals surface area contributed by atoms with Crippen LogP contribution in [0, 0.1) is 6.92 Å². The van der Waals surface area contributed by atoms with E-state index in [9.17, 15) is 14.4 Å². The largest absolute Gasteiger partial charge is 0.444 e. The number of benzene rings is 1. The van der Waals surface area contributed by atoms with Crippen LogP contribution in [0.5, 0.6) is 0 Å². The second-order valence-corrected chi connectivity index (χ2v) is 8.11. The average molecular weight is 389 g/mol. The minimum atomic E-state index is -0.532. The van der Waals surface area contributed by atoms with Crippen molar-refractivity contribution >= 4 is 17.9 Å². The Balaban J connectivity index is 1.67. The van der Waals surface area contributed by atoms with E-state index in [1.54, 1.807) is 9.80 Å². The summed E-state index contributed by atoms with van der Waals surface area (Å²) in [6.45, 7) is 9.77. The van der Waals surface area contributed by atoms with Crippen molar-refractivity contribution in [2.24, 2.45) is 0 Å². The van der Waals surface area contributed by atoms with Crippen LogP contribution in [0.3, 0.4) is 0 Å². The van der Waals surface area contributed by atoms with Crippen LogP contribution in [0.25, 0.3) is 0 Å². The number of carbonyl (C=O) groups excluding carboxylic acids is 3. The molecule has 1 aliphatic rings. The number of hydrogen-bond acceptors (Lipinski definition) is 4. The number of aryl methyl sites for hydroxylation is 1. The van der Waals surface area contributed by atoms with Crippen molar-refractivity contribution in [2.45, 2.75) is 52.7 Å². The van der Waals surface area contributed by atoms with E-state index in [0.717, 1.165) is 5.56 Å². The molecule has 0 spiro atoms. The summed E-state index contributed by atoms with van der Waals surface area (Å²) in [5, 5.41) is 2.84. The fourth-order valence-electron chi connectivity index (χ4n) is 2.84. The minimum absolute atomic E-state index is 0.0608. The summed E-state index contributed by atoms with van der Waals surface area (Å²) in [4.78, 5) is 39.7. The Hall–Kier alpha value is -2.57. The summed E-state index contributed by atoms with van der Waals surface area (Å²) in [7, 11) is 0. The highest BCUT2D eigenvalue weighted by Gasteiger charge is 2.27. The van der Waals surface area contributed by atoms with Crippen LogP contribution < -0.4 is 5.32 Å². The van der Waals surface area contributed by atoms with Gasteiger partial charge in [-0.1, -0.05) is 29.8 Å². The first-order valence-corrected chi connectivity index (χ1v) is 9.72. The molecule has 1 N–H and O–H groups in total. The number of ether oxygens (including phenoxy) is 1. The Morgan fingerprint density at radius 3 is 2.11 bits per heavy atom. The zero-order valence-electron chi connectivity index (χ0n) is 17.3. The molecule has 154 valence electrons. The Kier molecular flexibility index (Phi) is 7.43. The molecule has 1 aromatic carbocycles. The number of nitrogens with zero attached hydrogens (tertiary/aromatic N) is 2. The molecule has 0 aromatic heterocycles. The zero-order valence-corrected chi connectivity index (χ0v) is 17.3. The van der Waals surface area contributed by atoms with Crippen LogP contribution >= 0.6 is 0 Å². The third kappa shape index (κ3) is 7.21. The molecule has 1 fully saturated rings. The number of amides is 3. The predicted octanol–water partition coefficient (Wildman–Crippen LogP) is 2.47. The van der Waals surface area contributed by atoms with Crippen molar-refractivity contribution in [1.82, 2.24) is 15.1 Å². The number of rotatable bonds is 5. The molecule has 0 unspecified atom stereocenters. The molecule has 0 bridgehead atoms. The van der Waals surface area contributed by atoms with Gasteiger partial charge in [-0.15, -0.1) is 0 Å². The van der Waals surface area contributed by atoms with E-state index < -0.39 is 5.60 Å². The number of carbonyl (C=O) groups is 3. The average Bonchev–Trinajstić information content (AvgIpc) is 2.64. The van der Waals surface area contributed by atoms with Crippen molar-refractivity contribution in [3.8, 4) is 0 Å². The van der Waals surface area contributed by atoms with Gasteiger partial charge in [0, 0.05) is 45.6 Å². The van der Waals surface area contributed by atoms with Crippen molar-refractivity contribution < 1.29 is 19.1 Å². The van der Waals surface area contributed by atoms with Crippen molar-refractivity contribution in [3.63, 3.8) is 0 Å². The van der Waals surface area contributed by atoms with Crippen LogP contribution in [0.4, 0.5) is 4.79 Å². The van der Waals surface area contributed by atoms with Crippen LogP contribution in [0.15, 0.2) is 24.3 Å². The molecule has 0 radical (unpaired) electrons. The van der Waals surface area contributed by atoms with Gasteiger partial charge >= 0.3 is 6.09 Å². The van der Waals surface area contributed by atoms with Gasteiger partial charge in [-0.25, -0.2) is 4.79 Å². The van der Waals surface area contributed by atoms with Gasteiger partial charge in [-0.2, -0.15) is 0 Å². The van der Waals surface area contributed by atoms with Crippen molar-refractivity contribution in [2.75, 3.05) is 26.2 Å². The van der Waals surface area contributed by atoms with Gasteiger partial charge in [-0.05, 0) is 33.3 Å². The molecule has 7 nitrogen and oxygen atoms in total. The van der Waals surface area contributed by atoms with E-state index in [4.69, 9.17) is 4.74 Å². The highest BCUT2D eigenvalue weighted by Crippen LogP contribution is 2.12. The highest BCUT2D eigenvalue weighted by atomic mass is 16.6. The molecular weight excluding hydrogens is 358 g/mol. The van der Waals surface area contributed by atoms with E-state index in [-0.39, 0.29) is 30.7 Å². The fraction of sp³-hybridized carbons (Fsp3) is 0.571. The number of hydrogen-bond donors (Lipinski definition) is 1. The third-order valence-corrected chi connectivity index (χ3v) is 4.46. The zero-order chi connectivity index (χ0) is 20.7. The molecule has 1 heterocycles. The van der Waals surface area contributed by atoms with Gasteiger partial charge in [0.15, 0.2) is 0 Å². The lowest BCUT2D eigenvalue weighted by molar-refractivity contribution is -0.135. The maximum absolute atomic E-state index is 12.3. The summed E-state index contributed by atoms with van der Waals surface area (Å²) in [6.07, 6.45) is -0.0153. The molecule has 2 rings (SSSR count). The lowest BCUT2D eigenvalue weighted by Crippen LogP contribution is -2.51.